The molecule has 114 valence electrons. The van der Waals surface area contributed by atoms with Gasteiger partial charge in [0.1, 0.15) is 0 Å². The van der Waals surface area contributed by atoms with Gasteiger partial charge in [-0.15, -0.1) is 0 Å². The summed E-state index contributed by atoms with van der Waals surface area (Å²) in [5.41, 5.74) is 0. The molecular formula is C14H24N2O4. The molecule has 3 unspecified atom stereocenters. The molecule has 2 fully saturated rings. The van der Waals surface area contributed by atoms with E-state index in [9.17, 15) is 14.7 Å². The molecule has 2 aliphatic rings. The number of likely N-dealkylation sites (tertiary alicyclic amines) is 2. The van der Waals surface area contributed by atoms with Gasteiger partial charge in [-0.25, -0.2) is 4.79 Å². The van der Waals surface area contributed by atoms with E-state index in [0.29, 0.717) is 19.5 Å². The molecular weight excluding hydrogens is 260 g/mol. The van der Waals surface area contributed by atoms with Crippen LogP contribution in [0.2, 0.25) is 0 Å². The van der Waals surface area contributed by atoms with Gasteiger partial charge in [0.15, 0.2) is 0 Å². The second kappa shape index (κ2) is 6.43. The van der Waals surface area contributed by atoms with Gasteiger partial charge < -0.3 is 20.0 Å². The maximum atomic E-state index is 12.6. The van der Waals surface area contributed by atoms with Crippen LogP contribution in [0.25, 0.3) is 0 Å². The highest BCUT2D eigenvalue weighted by Crippen LogP contribution is 2.27. The average Bonchev–Trinajstić information content (AvgIpc) is 2.66. The highest BCUT2D eigenvalue weighted by molar-refractivity contribution is 5.78. The van der Waals surface area contributed by atoms with Gasteiger partial charge in [-0.3, -0.25) is 4.79 Å². The smallest absolute Gasteiger partial charge is 0.320 e. The second-order valence-corrected chi connectivity index (χ2v) is 5.83. The predicted molar refractivity (Wildman–Crippen MR) is 73.4 cm³/mol. The number of amides is 2. The molecule has 0 aromatic carbocycles. The number of carboxylic acid groups (broad SMARTS) is 1. The molecule has 2 rings (SSSR count). The predicted octanol–water partition coefficient (Wildman–Crippen LogP) is 1.14. The van der Waals surface area contributed by atoms with E-state index in [0.717, 1.165) is 25.7 Å². The molecule has 2 N–H and O–H groups in total. The van der Waals surface area contributed by atoms with Crippen LogP contribution in [0, 0.1) is 5.92 Å². The van der Waals surface area contributed by atoms with Gasteiger partial charge in [-0.1, -0.05) is 12.8 Å². The molecule has 6 nitrogen and oxygen atoms in total. The third kappa shape index (κ3) is 2.90. The van der Waals surface area contributed by atoms with Crippen LogP contribution in [0.1, 0.15) is 39.0 Å². The summed E-state index contributed by atoms with van der Waals surface area (Å²) in [6, 6.07) is -0.508. The van der Waals surface area contributed by atoms with E-state index in [1.54, 1.807) is 16.7 Å². The van der Waals surface area contributed by atoms with E-state index in [1.807, 2.05) is 0 Å². The monoisotopic (exact) mass is 284 g/mol. The van der Waals surface area contributed by atoms with E-state index >= 15 is 0 Å². The Labute approximate surface area is 119 Å². The van der Waals surface area contributed by atoms with Crippen LogP contribution in [-0.4, -0.2) is 63.8 Å². The van der Waals surface area contributed by atoms with Crippen molar-refractivity contribution in [2.24, 2.45) is 5.92 Å². The standard InChI is InChI=1S/C14H24N2O4/c1-10-12(13(18)19)6-8-15(10)14(20)16-7-4-2-3-5-11(16)9-17/h10-12,17H,2-9H2,1H3,(H,18,19). The summed E-state index contributed by atoms with van der Waals surface area (Å²) >= 11 is 0. The molecule has 0 aromatic rings. The first-order valence-corrected chi connectivity index (χ1v) is 7.47. The minimum atomic E-state index is -0.831. The number of aliphatic hydroxyl groups is 1. The fourth-order valence-electron chi connectivity index (χ4n) is 3.32. The van der Waals surface area contributed by atoms with E-state index in [1.165, 1.54) is 0 Å². The lowest BCUT2D eigenvalue weighted by molar-refractivity contribution is -0.142. The van der Waals surface area contributed by atoms with Crippen LogP contribution in [-0.2, 0) is 4.79 Å². The zero-order valence-electron chi connectivity index (χ0n) is 12.0. The first-order chi connectivity index (χ1) is 9.56. The number of urea groups is 1. The van der Waals surface area contributed by atoms with Crippen molar-refractivity contribution in [3.8, 4) is 0 Å². The molecule has 6 heteroatoms. The summed E-state index contributed by atoms with van der Waals surface area (Å²) in [6.45, 7) is 2.93. The largest absolute Gasteiger partial charge is 0.481 e. The second-order valence-electron chi connectivity index (χ2n) is 5.83. The lowest BCUT2D eigenvalue weighted by Gasteiger charge is -2.34. The maximum Gasteiger partial charge on any atom is 0.320 e. The van der Waals surface area contributed by atoms with E-state index in [-0.39, 0.29) is 24.7 Å². The van der Waals surface area contributed by atoms with Gasteiger partial charge in [0.05, 0.1) is 18.6 Å². The van der Waals surface area contributed by atoms with Gasteiger partial charge >= 0.3 is 12.0 Å². The fraction of sp³-hybridized carbons (Fsp3) is 0.857. The minimum Gasteiger partial charge on any atom is -0.481 e. The molecule has 0 spiro atoms. The molecule has 0 aliphatic carbocycles. The van der Waals surface area contributed by atoms with Gasteiger partial charge in [0, 0.05) is 19.1 Å². The summed E-state index contributed by atoms with van der Waals surface area (Å²) < 4.78 is 0. The maximum absolute atomic E-state index is 12.6. The summed E-state index contributed by atoms with van der Waals surface area (Å²) in [4.78, 5) is 27.2. The quantitative estimate of drug-likeness (QED) is 0.796. The number of aliphatic carboxylic acids is 1. The van der Waals surface area contributed by atoms with E-state index in [2.05, 4.69) is 0 Å². The van der Waals surface area contributed by atoms with Gasteiger partial charge in [0.25, 0.3) is 0 Å². The van der Waals surface area contributed by atoms with Crippen molar-refractivity contribution in [2.45, 2.75) is 51.1 Å². The fourth-order valence-corrected chi connectivity index (χ4v) is 3.32. The van der Waals surface area contributed by atoms with Crippen molar-refractivity contribution in [2.75, 3.05) is 19.7 Å². The molecule has 2 saturated heterocycles. The van der Waals surface area contributed by atoms with Crippen molar-refractivity contribution in [3.05, 3.63) is 0 Å². The summed E-state index contributed by atoms with van der Waals surface area (Å²) in [7, 11) is 0. The number of carbonyl (C=O) groups is 2. The highest BCUT2D eigenvalue weighted by Gasteiger charge is 2.40. The normalized spacial score (nSPS) is 31.2. The van der Waals surface area contributed by atoms with Gasteiger partial charge in [-0.05, 0) is 26.2 Å². The van der Waals surface area contributed by atoms with Gasteiger partial charge in [0.2, 0.25) is 0 Å². The molecule has 0 radical (unpaired) electrons. The van der Waals surface area contributed by atoms with E-state index in [4.69, 9.17) is 5.11 Å². The van der Waals surface area contributed by atoms with Crippen molar-refractivity contribution in [1.82, 2.24) is 9.80 Å². The topological polar surface area (TPSA) is 81.1 Å². The van der Waals surface area contributed by atoms with Crippen molar-refractivity contribution in [3.63, 3.8) is 0 Å². The first-order valence-electron chi connectivity index (χ1n) is 7.47. The number of rotatable bonds is 2. The van der Waals surface area contributed by atoms with Gasteiger partial charge in [-0.2, -0.15) is 0 Å². The molecule has 0 bridgehead atoms. The highest BCUT2D eigenvalue weighted by atomic mass is 16.4. The minimum absolute atomic E-state index is 0.0175. The number of hydrogen-bond donors (Lipinski definition) is 2. The Balaban J connectivity index is 2.07. The third-order valence-corrected chi connectivity index (χ3v) is 4.65. The number of nitrogens with zero attached hydrogens (tertiary/aromatic N) is 2. The molecule has 0 aromatic heterocycles. The number of carbonyl (C=O) groups excluding carboxylic acids is 1. The van der Waals surface area contributed by atoms with Crippen molar-refractivity contribution in [1.29, 1.82) is 0 Å². The lowest BCUT2D eigenvalue weighted by Crippen LogP contribution is -2.51. The van der Waals surface area contributed by atoms with Crippen LogP contribution in [0.5, 0.6) is 0 Å². The van der Waals surface area contributed by atoms with E-state index < -0.39 is 11.9 Å². The molecule has 3 atom stereocenters. The Morgan fingerprint density at radius 3 is 2.45 bits per heavy atom. The molecule has 2 aliphatic heterocycles. The zero-order valence-corrected chi connectivity index (χ0v) is 12.0. The van der Waals surface area contributed by atoms with Crippen LogP contribution < -0.4 is 0 Å². The number of hydrogen-bond acceptors (Lipinski definition) is 3. The molecule has 0 saturated carbocycles. The molecule has 2 heterocycles. The van der Waals surface area contributed by atoms with Crippen molar-refractivity contribution >= 4 is 12.0 Å². The third-order valence-electron chi connectivity index (χ3n) is 4.65. The van der Waals surface area contributed by atoms with Crippen molar-refractivity contribution < 1.29 is 19.8 Å². The van der Waals surface area contributed by atoms with Crippen LogP contribution in [0.3, 0.4) is 0 Å². The summed E-state index contributed by atoms with van der Waals surface area (Å²) in [6.07, 6.45) is 4.40. The zero-order chi connectivity index (χ0) is 14.7. The van der Waals surface area contributed by atoms with Crippen LogP contribution in [0.15, 0.2) is 0 Å². The Hall–Kier alpha value is -1.30. The first kappa shape index (κ1) is 15.1. The van der Waals surface area contributed by atoms with Crippen LogP contribution in [0.4, 0.5) is 4.79 Å². The Kier molecular flexibility index (Phi) is 4.86. The lowest BCUT2D eigenvalue weighted by atomic mass is 10.0. The Morgan fingerprint density at radius 2 is 1.85 bits per heavy atom. The SMILES string of the molecule is CC1C(C(=O)O)CCN1C(=O)N1CCCCCC1CO. The summed E-state index contributed by atoms with van der Waals surface area (Å²) in [5.74, 6) is -1.30. The van der Waals surface area contributed by atoms with Crippen LogP contribution >= 0.6 is 0 Å². The molecule has 2 amide bonds. The summed E-state index contributed by atoms with van der Waals surface area (Å²) in [5, 5.41) is 18.6. The number of aliphatic hydroxyl groups excluding tert-OH is 1. The Morgan fingerprint density at radius 1 is 1.10 bits per heavy atom. The Bertz CT molecular complexity index is 374. The average molecular weight is 284 g/mol. The number of carboxylic acids is 1. The molecule has 20 heavy (non-hydrogen) atoms.